The summed E-state index contributed by atoms with van der Waals surface area (Å²) in [4.78, 5) is 20.6. The molecule has 1 aromatic heterocycles. The van der Waals surface area contributed by atoms with Gasteiger partial charge in [-0.05, 0) is 26.3 Å². The van der Waals surface area contributed by atoms with Gasteiger partial charge in [-0.3, -0.25) is 4.90 Å². The summed E-state index contributed by atoms with van der Waals surface area (Å²) < 4.78 is 5.06. The molecule has 0 saturated carbocycles. The van der Waals surface area contributed by atoms with Crippen molar-refractivity contribution in [2.75, 3.05) is 33.3 Å². The summed E-state index contributed by atoms with van der Waals surface area (Å²) in [6, 6.07) is 3.94. The first-order valence-electron chi connectivity index (χ1n) is 7.66. The van der Waals surface area contributed by atoms with E-state index in [0.29, 0.717) is 5.88 Å². The summed E-state index contributed by atoms with van der Waals surface area (Å²) >= 11 is 0. The van der Waals surface area contributed by atoms with Crippen LogP contribution in [0.15, 0.2) is 18.3 Å². The van der Waals surface area contributed by atoms with Gasteiger partial charge < -0.3 is 15.0 Å². The number of piperazine rings is 1. The molecular weight excluding hydrogens is 280 g/mol. The monoisotopic (exact) mass is 306 g/mol. The second kappa shape index (κ2) is 6.96. The average Bonchev–Trinajstić information content (AvgIpc) is 2.47. The van der Waals surface area contributed by atoms with E-state index in [4.69, 9.17) is 4.74 Å². The Morgan fingerprint density at radius 2 is 1.95 bits per heavy atom. The summed E-state index contributed by atoms with van der Waals surface area (Å²) in [5.41, 5.74) is 0.969. The fourth-order valence-electron chi connectivity index (χ4n) is 2.39. The third-order valence-corrected chi connectivity index (χ3v) is 3.55. The van der Waals surface area contributed by atoms with Crippen LogP contribution in [0.2, 0.25) is 0 Å². The fraction of sp³-hybridized carbons (Fsp3) is 0.625. The highest BCUT2D eigenvalue weighted by Crippen LogP contribution is 2.11. The number of hydrogen-bond donors (Lipinski definition) is 1. The number of carbonyl (C=O) groups is 1. The van der Waals surface area contributed by atoms with Crippen molar-refractivity contribution >= 4 is 6.03 Å². The molecule has 6 heteroatoms. The van der Waals surface area contributed by atoms with E-state index in [1.54, 1.807) is 7.11 Å². The number of methoxy groups -OCH3 is 1. The van der Waals surface area contributed by atoms with E-state index in [0.717, 1.165) is 38.3 Å². The number of nitrogens with zero attached hydrogens (tertiary/aromatic N) is 3. The van der Waals surface area contributed by atoms with Gasteiger partial charge in [-0.15, -0.1) is 0 Å². The number of rotatable bonds is 3. The molecule has 1 aromatic rings. The molecule has 0 unspecified atom stereocenters. The lowest BCUT2D eigenvalue weighted by Crippen LogP contribution is -2.54. The maximum atomic E-state index is 12.1. The summed E-state index contributed by atoms with van der Waals surface area (Å²) in [5.74, 6) is 0.632. The van der Waals surface area contributed by atoms with E-state index < -0.39 is 0 Å². The minimum Gasteiger partial charge on any atom is -0.481 e. The van der Waals surface area contributed by atoms with Gasteiger partial charge in [-0.1, -0.05) is 6.07 Å². The SMILES string of the molecule is COc1ccc(CN2CCN(C(=O)NC(C)(C)C)CC2)cn1. The highest BCUT2D eigenvalue weighted by atomic mass is 16.5. The van der Waals surface area contributed by atoms with Gasteiger partial charge in [0, 0.05) is 50.5 Å². The first-order valence-corrected chi connectivity index (χ1v) is 7.66. The van der Waals surface area contributed by atoms with Crippen LogP contribution in [0.5, 0.6) is 5.88 Å². The van der Waals surface area contributed by atoms with Crippen LogP contribution in [-0.4, -0.2) is 59.6 Å². The van der Waals surface area contributed by atoms with Crippen molar-refractivity contribution in [3.05, 3.63) is 23.9 Å². The molecule has 0 bridgehead atoms. The number of pyridine rings is 1. The van der Waals surface area contributed by atoms with E-state index in [2.05, 4.69) is 15.2 Å². The van der Waals surface area contributed by atoms with Gasteiger partial charge in [0.1, 0.15) is 0 Å². The maximum absolute atomic E-state index is 12.1. The molecule has 2 rings (SSSR count). The average molecular weight is 306 g/mol. The summed E-state index contributed by atoms with van der Waals surface area (Å²) in [6.07, 6.45) is 1.84. The topological polar surface area (TPSA) is 57.7 Å². The van der Waals surface area contributed by atoms with E-state index >= 15 is 0 Å². The molecule has 122 valence electrons. The first-order chi connectivity index (χ1) is 10.4. The number of ether oxygens (including phenoxy) is 1. The third-order valence-electron chi connectivity index (χ3n) is 3.55. The molecule has 0 atom stereocenters. The minimum absolute atomic E-state index is 0.0262. The summed E-state index contributed by atoms with van der Waals surface area (Å²) in [6.45, 7) is 10.1. The Bertz CT molecular complexity index is 488. The molecule has 1 N–H and O–H groups in total. The predicted molar refractivity (Wildman–Crippen MR) is 85.9 cm³/mol. The molecule has 0 spiro atoms. The molecule has 0 aromatic carbocycles. The van der Waals surface area contributed by atoms with Gasteiger partial charge in [-0.25, -0.2) is 9.78 Å². The number of carbonyl (C=O) groups excluding carboxylic acids is 1. The Morgan fingerprint density at radius 3 is 2.45 bits per heavy atom. The van der Waals surface area contributed by atoms with E-state index in [1.807, 2.05) is 44.0 Å². The summed E-state index contributed by atoms with van der Waals surface area (Å²) in [7, 11) is 1.61. The second-order valence-corrected chi connectivity index (χ2v) is 6.65. The zero-order valence-electron chi connectivity index (χ0n) is 13.9. The lowest BCUT2D eigenvalue weighted by Gasteiger charge is -2.36. The Hall–Kier alpha value is -1.82. The van der Waals surface area contributed by atoms with Crippen LogP contribution < -0.4 is 10.1 Å². The molecule has 1 aliphatic heterocycles. The molecule has 2 amide bonds. The van der Waals surface area contributed by atoms with E-state index in [9.17, 15) is 4.79 Å². The van der Waals surface area contributed by atoms with Gasteiger partial charge in [0.05, 0.1) is 7.11 Å². The van der Waals surface area contributed by atoms with Crippen molar-refractivity contribution in [2.45, 2.75) is 32.9 Å². The van der Waals surface area contributed by atoms with Gasteiger partial charge in [-0.2, -0.15) is 0 Å². The Morgan fingerprint density at radius 1 is 1.27 bits per heavy atom. The zero-order valence-corrected chi connectivity index (χ0v) is 13.9. The second-order valence-electron chi connectivity index (χ2n) is 6.65. The smallest absolute Gasteiger partial charge is 0.317 e. The normalized spacial score (nSPS) is 16.5. The zero-order chi connectivity index (χ0) is 16.2. The molecule has 1 fully saturated rings. The first kappa shape index (κ1) is 16.5. The number of aromatic nitrogens is 1. The number of urea groups is 1. The number of nitrogens with one attached hydrogen (secondary N) is 1. The Kier molecular flexibility index (Phi) is 5.24. The van der Waals surface area contributed by atoms with E-state index in [1.165, 1.54) is 0 Å². The van der Waals surface area contributed by atoms with Gasteiger partial charge >= 0.3 is 6.03 Å². The lowest BCUT2D eigenvalue weighted by atomic mass is 10.1. The number of hydrogen-bond acceptors (Lipinski definition) is 4. The molecule has 1 saturated heterocycles. The van der Waals surface area contributed by atoms with Gasteiger partial charge in [0.2, 0.25) is 5.88 Å². The van der Waals surface area contributed by atoms with Crippen molar-refractivity contribution in [1.82, 2.24) is 20.1 Å². The predicted octanol–water partition coefficient (Wildman–Crippen LogP) is 1.72. The molecule has 1 aliphatic rings. The quantitative estimate of drug-likeness (QED) is 0.924. The highest BCUT2D eigenvalue weighted by molar-refractivity contribution is 5.75. The van der Waals surface area contributed by atoms with E-state index in [-0.39, 0.29) is 11.6 Å². The van der Waals surface area contributed by atoms with Crippen molar-refractivity contribution < 1.29 is 9.53 Å². The molecule has 22 heavy (non-hydrogen) atoms. The van der Waals surface area contributed by atoms with Gasteiger partial charge in [0.15, 0.2) is 0 Å². The summed E-state index contributed by atoms with van der Waals surface area (Å²) in [5, 5.41) is 3.01. The standard InChI is InChI=1S/C16H26N4O2/c1-16(2,3)18-15(21)20-9-7-19(8-10-20)12-13-5-6-14(22-4)17-11-13/h5-6,11H,7-10,12H2,1-4H3,(H,18,21). The maximum Gasteiger partial charge on any atom is 0.317 e. The Balaban J connectivity index is 1.80. The third kappa shape index (κ3) is 4.87. The number of amides is 2. The van der Waals surface area contributed by atoms with Crippen molar-refractivity contribution in [1.29, 1.82) is 0 Å². The van der Waals surface area contributed by atoms with Crippen LogP contribution in [0, 0.1) is 0 Å². The van der Waals surface area contributed by atoms with Crippen molar-refractivity contribution in [3.63, 3.8) is 0 Å². The van der Waals surface area contributed by atoms with Crippen LogP contribution in [0.1, 0.15) is 26.3 Å². The van der Waals surface area contributed by atoms with Crippen LogP contribution in [0.25, 0.3) is 0 Å². The Labute approximate surface area is 132 Å². The van der Waals surface area contributed by atoms with Crippen LogP contribution in [-0.2, 0) is 6.54 Å². The molecule has 0 radical (unpaired) electrons. The van der Waals surface area contributed by atoms with Crippen molar-refractivity contribution in [2.24, 2.45) is 0 Å². The van der Waals surface area contributed by atoms with Crippen LogP contribution >= 0.6 is 0 Å². The lowest BCUT2D eigenvalue weighted by molar-refractivity contribution is 0.131. The van der Waals surface area contributed by atoms with Gasteiger partial charge in [0.25, 0.3) is 0 Å². The fourth-order valence-corrected chi connectivity index (χ4v) is 2.39. The molecular formula is C16H26N4O2. The molecule has 2 heterocycles. The minimum atomic E-state index is -0.191. The van der Waals surface area contributed by atoms with Crippen LogP contribution in [0.4, 0.5) is 4.79 Å². The van der Waals surface area contributed by atoms with Crippen LogP contribution in [0.3, 0.4) is 0 Å². The van der Waals surface area contributed by atoms with Crippen molar-refractivity contribution in [3.8, 4) is 5.88 Å². The molecule has 6 nitrogen and oxygen atoms in total. The highest BCUT2D eigenvalue weighted by Gasteiger charge is 2.23. The largest absolute Gasteiger partial charge is 0.481 e. The molecule has 0 aliphatic carbocycles.